The monoisotopic (exact) mass is 310 g/mol. The molecular formula is C12H14N4O2S2. The van der Waals surface area contributed by atoms with Gasteiger partial charge in [0.2, 0.25) is 0 Å². The number of hydrogen-bond donors (Lipinski definition) is 2. The second kappa shape index (κ2) is 5.59. The molecule has 1 aromatic heterocycles. The molecular weight excluding hydrogens is 296 g/mol. The summed E-state index contributed by atoms with van der Waals surface area (Å²) in [5, 5.41) is 3.90. The molecule has 106 valence electrons. The van der Waals surface area contributed by atoms with Crippen molar-refractivity contribution in [1.82, 2.24) is 9.78 Å². The quantitative estimate of drug-likeness (QED) is 0.806. The number of hydrogen-bond acceptors (Lipinski definition) is 4. The number of aryl methyl sites for hydroxylation is 1. The molecule has 0 spiro atoms. The van der Waals surface area contributed by atoms with E-state index in [1.165, 1.54) is 23.0 Å². The summed E-state index contributed by atoms with van der Waals surface area (Å²) in [6.45, 7) is 0. The van der Waals surface area contributed by atoms with Crippen LogP contribution < -0.4 is 10.5 Å². The Morgan fingerprint density at radius 2 is 2.05 bits per heavy atom. The fraction of sp³-hybridized carbons (Fsp3) is 0.167. The van der Waals surface area contributed by atoms with Crippen molar-refractivity contribution in [2.24, 2.45) is 12.8 Å². The van der Waals surface area contributed by atoms with Gasteiger partial charge in [0.15, 0.2) is 0 Å². The summed E-state index contributed by atoms with van der Waals surface area (Å²) in [7, 11) is -1.90. The van der Waals surface area contributed by atoms with Crippen molar-refractivity contribution >= 4 is 32.9 Å². The van der Waals surface area contributed by atoms with E-state index < -0.39 is 10.0 Å². The van der Waals surface area contributed by atoms with Gasteiger partial charge in [0.25, 0.3) is 10.0 Å². The molecule has 3 N–H and O–H groups in total. The maximum Gasteiger partial charge on any atom is 0.261 e. The van der Waals surface area contributed by atoms with Gasteiger partial charge in [0, 0.05) is 19.7 Å². The third-order valence-electron chi connectivity index (χ3n) is 2.57. The van der Waals surface area contributed by atoms with Gasteiger partial charge >= 0.3 is 0 Å². The standard InChI is InChI=1S/C12H14N4O2S2/c1-16-8-10(7-14-16)15-20(17,18)11-4-2-9(3-5-11)6-12(13)19/h2-5,7-8,15H,6H2,1H3,(H2,13,19). The fourth-order valence-electron chi connectivity index (χ4n) is 1.68. The van der Waals surface area contributed by atoms with Crippen LogP contribution in [0.15, 0.2) is 41.6 Å². The third-order valence-corrected chi connectivity index (χ3v) is 4.11. The highest BCUT2D eigenvalue weighted by Gasteiger charge is 2.14. The fourth-order valence-corrected chi connectivity index (χ4v) is 2.87. The molecule has 2 rings (SSSR count). The van der Waals surface area contributed by atoms with Crippen molar-refractivity contribution in [3.8, 4) is 0 Å². The summed E-state index contributed by atoms with van der Waals surface area (Å²) in [4.78, 5) is 0.544. The molecule has 0 aliphatic carbocycles. The van der Waals surface area contributed by atoms with Crippen LogP contribution in [0.25, 0.3) is 0 Å². The predicted octanol–water partition coefficient (Wildman–Crippen LogP) is 1.05. The molecule has 0 atom stereocenters. The second-order valence-corrected chi connectivity index (χ2v) is 6.50. The maximum atomic E-state index is 12.1. The molecule has 1 aromatic carbocycles. The molecule has 0 aliphatic rings. The topological polar surface area (TPSA) is 90.0 Å². The number of aromatic nitrogens is 2. The van der Waals surface area contributed by atoms with E-state index in [2.05, 4.69) is 9.82 Å². The number of thiocarbonyl (C=S) groups is 1. The van der Waals surface area contributed by atoms with Crippen LogP contribution in [0.3, 0.4) is 0 Å². The lowest BCUT2D eigenvalue weighted by Gasteiger charge is -2.06. The van der Waals surface area contributed by atoms with Crippen LogP contribution in [-0.2, 0) is 23.5 Å². The van der Waals surface area contributed by atoms with E-state index in [-0.39, 0.29) is 4.90 Å². The van der Waals surface area contributed by atoms with Crippen LogP contribution in [-0.4, -0.2) is 23.2 Å². The summed E-state index contributed by atoms with van der Waals surface area (Å²) in [6, 6.07) is 6.42. The molecule has 0 saturated carbocycles. The van der Waals surface area contributed by atoms with Gasteiger partial charge in [-0.15, -0.1) is 0 Å². The zero-order valence-corrected chi connectivity index (χ0v) is 12.4. The van der Waals surface area contributed by atoms with Gasteiger partial charge in [-0.3, -0.25) is 9.40 Å². The summed E-state index contributed by atoms with van der Waals surface area (Å²) >= 11 is 4.81. The van der Waals surface area contributed by atoms with E-state index in [0.29, 0.717) is 17.1 Å². The Labute approximate surface area is 122 Å². The Hall–Kier alpha value is -1.93. The Bertz CT molecular complexity index is 720. The van der Waals surface area contributed by atoms with E-state index in [9.17, 15) is 8.42 Å². The SMILES string of the molecule is Cn1cc(NS(=O)(=O)c2ccc(CC(N)=S)cc2)cn1. The highest BCUT2D eigenvalue weighted by Crippen LogP contribution is 2.16. The molecule has 0 bridgehead atoms. The minimum absolute atomic E-state index is 0.174. The molecule has 6 nitrogen and oxygen atoms in total. The first-order valence-corrected chi connectivity index (χ1v) is 7.65. The smallest absolute Gasteiger partial charge is 0.261 e. The van der Waals surface area contributed by atoms with Crippen molar-refractivity contribution in [2.45, 2.75) is 11.3 Å². The van der Waals surface area contributed by atoms with Crippen LogP contribution in [0.4, 0.5) is 5.69 Å². The number of benzene rings is 1. The van der Waals surface area contributed by atoms with Gasteiger partial charge < -0.3 is 5.73 Å². The largest absolute Gasteiger partial charge is 0.393 e. The minimum Gasteiger partial charge on any atom is -0.393 e. The first-order valence-electron chi connectivity index (χ1n) is 5.75. The van der Waals surface area contributed by atoms with Crippen molar-refractivity contribution in [3.05, 3.63) is 42.2 Å². The highest BCUT2D eigenvalue weighted by atomic mass is 32.2. The molecule has 1 heterocycles. The van der Waals surface area contributed by atoms with E-state index in [4.69, 9.17) is 18.0 Å². The Balaban J connectivity index is 2.19. The molecule has 20 heavy (non-hydrogen) atoms. The van der Waals surface area contributed by atoms with Crippen LogP contribution >= 0.6 is 12.2 Å². The zero-order chi connectivity index (χ0) is 14.8. The first kappa shape index (κ1) is 14.5. The molecule has 0 saturated heterocycles. The molecule has 0 amide bonds. The Kier molecular flexibility index (Phi) is 4.05. The molecule has 0 aliphatic heterocycles. The van der Waals surface area contributed by atoms with E-state index in [0.717, 1.165) is 5.56 Å². The predicted molar refractivity (Wildman–Crippen MR) is 80.9 cm³/mol. The van der Waals surface area contributed by atoms with Crippen molar-refractivity contribution in [3.63, 3.8) is 0 Å². The zero-order valence-electron chi connectivity index (χ0n) is 10.8. The lowest BCUT2D eigenvalue weighted by molar-refractivity contribution is 0.601. The van der Waals surface area contributed by atoms with Gasteiger partial charge in [-0.05, 0) is 17.7 Å². The average Bonchev–Trinajstić information content (AvgIpc) is 2.74. The summed E-state index contributed by atoms with van der Waals surface area (Å²) in [6.07, 6.45) is 3.48. The number of nitrogens with two attached hydrogens (primary N) is 1. The lowest BCUT2D eigenvalue weighted by atomic mass is 10.1. The van der Waals surface area contributed by atoms with E-state index >= 15 is 0 Å². The number of rotatable bonds is 5. The Morgan fingerprint density at radius 3 is 2.55 bits per heavy atom. The third kappa shape index (κ3) is 3.55. The maximum absolute atomic E-state index is 12.1. The summed E-state index contributed by atoms with van der Waals surface area (Å²) < 4.78 is 28.3. The number of nitrogens with one attached hydrogen (secondary N) is 1. The molecule has 0 unspecified atom stereocenters. The minimum atomic E-state index is -3.61. The normalized spacial score (nSPS) is 11.2. The number of anilines is 1. The van der Waals surface area contributed by atoms with Gasteiger partial charge in [-0.1, -0.05) is 24.4 Å². The first-order chi connectivity index (χ1) is 9.37. The van der Waals surface area contributed by atoms with Crippen LogP contribution in [0.2, 0.25) is 0 Å². The van der Waals surface area contributed by atoms with Gasteiger partial charge in [-0.2, -0.15) is 5.10 Å². The number of sulfonamides is 1. The lowest BCUT2D eigenvalue weighted by Crippen LogP contribution is -2.13. The van der Waals surface area contributed by atoms with E-state index in [1.807, 2.05) is 0 Å². The van der Waals surface area contributed by atoms with Crippen molar-refractivity contribution in [2.75, 3.05) is 4.72 Å². The van der Waals surface area contributed by atoms with Gasteiger partial charge in [-0.25, -0.2) is 8.42 Å². The summed E-state index contributed by atoms with van der Waals surface area (Å²) in [5.41, 5.74) is 6.73. The summed E-state index contributed by atoms with van der Waals surface area (Å²) in [5.74, 6) is 0. The molecule has 0 radical (unpaired) electrons. The molecule has 0 fully saturated rings. The highest BCUT2D eigenvalue weighted by molar-refractivity contribution is 7.92. The molecule has 8 heteroatoms. The van der Waals surface area contributed by atoms with Gasteiger partial charge in [0.1, 0.15) is 0 Å². The number of nitrogens with zero attached hydrogens (tertiary/aromatic N) is 2. The Morgan fingerprint density at radius 1 is 1.40 bits per heavy atom. The average molecular weight is 310 g/mol. The van der Waals surface area contributed by atoms with Crippen molar-refractivity contribution in [1.29, 1.82) is 0 Å². The van der Waals surface area contributed by atoms with Crippen molar-refractivity contribution < 1.29 is 8.42 Å². The van der Waals surface area contributed by atoms with E-state index in [1.54, 1.807) is 25.4 Å². The van der Waals surface area contributed by atoms with Crippen LogP contribution in [0.5, 0.6) is 0 Å². The van der Waals surface area contributed by atoms with Crippen LogP contribution in [0, 0.1) is 0 Å². The van der Waals surface area contributed by atoms with Crippen LogP contribution in [0.1, 0.15) is 5.56 Å². The van der Waals surface area contributed by atoms with Gasteiger partial charge in [0.05, 0.1) is 21.8 Å². The molecule has 2 aromatic rings. The second-order valence-electron chi connectivity index (χ2n) is 4.30.